The lowest BCUT2D eigenvalue weighted by molar-refractivity contribution is 0.0262. The van der Waals surface area contributed by atoms with Crippen LogP contribution in [0.15, 0.2) is 18.2 Å². The van der Waals surface area contributed by atoms with E-state index in [2.05, 4.69) is 5.32 Å². The molecular weight excluding hydrogens is 307 g/mol. The number of amides is 1. The van der Waals surface area contributed by atoms with Crippen molar-refractivity contribution in [1.29, 1.82) is 0 Å². The fraction of sp³-hybridized carbons (Fsp3) is 0.562. The molecule has 0 spiro atoms. The third-order valence-corrected chi connectivity index (χ3v) is 3.06. The molecule has 1 rings (SSSR count). The summed E-state index contributed by atoms with van der Waals surface area (Å²) in [6.45, 7) is 9.58. The molecule has 1 N–H and O–H groups in total. The van der Waals surface area contributed by atoms with E-state index in [1.54, 1.807) is 11.0 Å². The maximum absolute atomic E-state index is 13.2. The summed E-state index contributed by atoms with van der Waals surface area (Å²) in [6, 6.07) is 4.42. The third-order valence-electron chi connectivity index (χ3n) is 2.84. The molecule has 1 aromatic carbocycles. The lowest BCUT2D eigenvalue weighted by Gasteiger charge is -2.26. The van der Waals surface area contributed by atoms with Gasteiger partial charge in [0.1, 0.15) is 11.4 Å². The first-order valence-corrected chi connectivity index (χ1v) is 7.72. The largest absolute Gasteiger partial charge is 0.444 e. The SMILES string of the molecule is CCN(CCNCc1cc(F)cc(Cl)c1)C(=O)OC(C)(C)C. The highest BCUT2D eigenvalue weighted by Gasteiger charge is 2.20. The molecule has 0 fully saturated rings. The summed E-state index contributed by atoms with van der Waals surface area (Å²) in [6.07, 6.45) is -0.328. The fourth-order valence-electron chi connectivity index (χ4n) is 1.86. The van der Waals surface area contributed by atoms with E-state index < -0.39 is 5.60 Å². The number of carbonyl (C=O) groups is 1. The molecule has 0 bridgehead atoms. The maximum Gasteiger partial charge on any atom is 0.410 e. The molecule has 0 saturated carbocycles. The van der Waals surface area contributed by atoms with Crippen LogP contribution in [0.1, 0.15) is 33.3 Å². The molecule has 6 heteroatoms. The summed E-state index contributed by atoms with van der Waals surface area (Å²) in [7, 11) is 0. The lowest BCUT2D eigenvalue weighted by atomic mass is 10.2. The van der Waals surface area contributed by atoms with Crippen LogP contribution in [0, 0.1) is 5.82 Å². The number of nitrogens with zero attached hydrogens (tertiary/aromatic N) is 1. The minimum atomic E-state index is -0.504. The molecule has 4 nitrogen and oxygen atoms in total. The Hall–Kier alpha value is -1.33. The number of rotatable bonds is 6. The molecule has 0 aliphatic carbocycles. The van der Waals surface area contributed by atoms with Gasteiger partial charge in [-0.15, -0.1) is 0 Å². The topological polar surface area (TPSA) is 41.6 Å². The molecule has 0 saturated heterocycles. The zero-order chi connectivity index (χ0) is 16.8. The Morgan fingerprint density at radius 1 is 1.36 bits per heavy atom. The molecule has 1 amide bonds. The van der Waals surface area contributed by atoms with Crippen molar-refractivity contribution in [3.05, 3.63) is 34.6 Å². The summed E-state index contributed by atoms with van der Waals surface area (Å²) in [5, 5.41) is 3.54. The summed E-state index contributed by atoms with van der Waals surface area (Å²) in [5.41, 5.74) is 0.265. The van der Waals surface area contributed by atoms with Crippen molar-refractivity contribution in [2.24, 2.45) is 0 Å². The van der Waals surface area contributed by atoms with Crippen molar-refractivity contribution < 1.29 is 13.9 Å². The van der Waals surface area contributed by atoms with Crippen LogP contribution in [0.25, 0.3) is 0 Å². The normalized spacial score (nSPS) is 11.4. The highest BCUT2D eigenvalue weighted by molar-refractivity contribution is 6.30. The summed E-state index contributed by atoms with van der Waals surface area (Å²) in [5.74, 6) is -0.353. The summed E-state index contributed by atoms with van der Waals surface area (Å²) < 4.78 is 18.5. The third kappa shape index (κ3) is 7.09. The Morgan fingerprint density at radius 3 is 2.59 bits per heavy atom. The Labute approximate surface area is 136 Å². The number of hydrogen-bond acceptors (Lipinski definition) is 3. The van der Waals surface area contributed by atoms with E-state index in [4.69, 9.17) is 16.3 Å². The van der Waals surface area contributed by atoms with Crippen LogP contribution in [-0.4, -0.2) is 36.2 Å². The standard InChI is InChI=1S/C16H24ClFN2O2/c1-5-20(15(21)22-16(2,3)4)7-6-19-11-12-8-13(17)10-14(18)9-12/h8-10,19H,5-7,11H2,1-4H3. The van der Waals surface area contributed by atoms with Crippen molar-refractivity contribution in [1.82, 2.24) is 10.2 Å². The highest BCUT2D eigenvalue weighted by atomic mass is 35.5. The first-order chi connectivity index (χ1) is 10.2. The van der Waals surface area contributed by atoms with E-state index >= 15 is 0 Å². The molecule has 0 unspecified atom stereocenters. The van der Waals surface area contributed by atoms with E-state index in [0.29, 0.717) is 31.2 Å². The number of benzene rings is 1. The second-order valence-electron chi connectivity index (χ2n) is 6.01. The van der Waals surface area contributed by atoms with Gasteiger partial charge >= 0.3 is 6.09 Å². The lowest BCUT2D eigenvalue weighted by Crippen LogP contribution is -2.40. The number of nitrogens with one attached hydrogen (secondary N) is 1. The predicted molar refractivity (Wildman–Crippen MR) is 86.6 cm³/mol. The molecule has 0 aliphatic heterocycles. The maximum atomic E-state index is 13.2. The molecule has 1 aromatic rings. The van der Waals surface area contributed by atoms with E-state index in [9.17, 15) is 9.18 Å². The quantitative estimate of drug-likeness (QED) is 0.806. The van der Waals surface area contributed by atoms with Gasteiger partial charge in [-0.05, 0) is 51.5 Å². The van der Waals surface area contributed by atoms with E-state index in [1.807, 2.05) is 27.7 Å². The van der Waals surface area contributed by atoms with Crippen molar-refractivity contribution in [3.63, 3.8) is 0 Å². The van der Waals surface area contributed by atoms with Crippen LogP contribution in [0.2, 0.25) is 5.02 Å². The van der Waals surface area contributed by atoms with Gasteiger partial charge in [-0.1, -0.05) is 11.6 Å². The van der Waals surface area contributed by atoms with Crippen LogP contribution in [-0.2, 0) is 11.3 Å². The van der Waals surface area contributed by atoms with Gasteiger partial charge < -0.3 is 15.0 Å². The van der Waals surface area contributed by atoms with Gasteiger partial charge in [0.2, 0.25) is 0 Å². The first kappa shape index (κ1) is 18.7. The van der Waals surface area contributed by atoms with Crippen LogP contribution in [0.4, 0.5) is 9.18 Å². The first-order valence-electron chi connectivity index (χ1n) is 7.35. The number of halogens is 2. The van der Waals surface area contributed by atoms with Gasteiger partial charge in [0.15, 0.2) is 0 Å². The van der Waals surface area contributed by atoms with Crippen molar-refractivity contribution >= 4 is 17.7 Å². The van der Waals surface area contributed by atoms with Crippen LogP contribution in [0.5, 0.6) is 0 Å². The van der Waals surface area contributed by atoms with Gasteiger partial charge in [-0.25, -0.2) is 9.18 Å². The molecule has 22 heavy (non-hydrogen) atoms. The van der Waals surface area contributed by atoms with Crippen molar-refractivity contribution in [3.8, 4) is 0 Å². The fourth-order valence-corrected chi connectivity index (χ4v) is 2.11. The Kier molecular flexibility index (Phi) is 7.10. The number of hydrogen-bond donors (Lipinski definition) is 1. The molecular formula is C16H24ClFN2O2. The van der Waals surface area contributed by atoms with Crippen LogP contribution in [0.3, 0.4) is 0 Å². The van der Waals surface area contributed by atoms with Gasteiger partial charge in [0, 0.05) is 31.2 Å². The average molecular weight is 331 g/mol. The number of likely N-dealkylation sites (N-methyl/N-ethyl adjacent to an activating group) is 1. The zero-order valence-corrected chi connectivity index (χ0v) is 14.3. The van der Waals surface area contributed by atoms with Gasteiger partial charge in [-0.2, -0.15) is 0 Å². The van der Waals surface area contributed by atoms with E-state index in [1.165, 1.54) is 12.1 Å². The molecule has 0 radical (unpaired) electrons. The summed E-state index contributed by atoms with van der Waals surface area (Å²) in [4.78, 5) is 13.6. The zero-order valence-electron chi connectivity index (χ0n) is 13.6. The average Bonchev–Trinajstić information content (AvgIpc) is 2.35. The molecule has 0 atom stereocenters. The smallest absolute Gasteiger partial charge is 0.410 e. The molecule has 124 valence electrons. The van der Waals surface area contributed by atoms with Crippen LogP contribution >= 0.6 is 11.6 Å². The van der Waals surface area contributed by atoms with Crippen LogP contribution < -0.4 is 5.32 Å². The van der Waals surface area contributed by atoms with Gasteiger partial charge in [-0.3, -0.25) is 0 Å². The minimum absolute atomic E-state index is 0.328. The second-order valence-corrected chi connectivity index (χ2v) is 6.45. The predicted octanol–water partition coefficient (Wildman–Crippen LogP) is 3.83. The Bertz CT molecular complexity index is 483. The number of carbonyl (C=O) groups excluding carboxylic acids is 1. The van der Waals surface area contributed by atoms with Crippen molar-refractivity contribution in [2.45, 2.75) is 39.8 Å². The van der Waals surface area contributed by atoms with E-state index in [-0.39, 0.29) is 11.9 Å². The Balaban J connectivity index is 2.39. The second kappa shape index (κ2) is 8.34. The van der Waals surface area contributed by atoms with E-state index in [0.717, 1.165) is 5.56 Å². The molecule has 0 aliphatic rings. The number of ether oxygens (including phenoxy) is 1. The van der Waals surface area contributed by atoms with Gasteiger partial charge in [0.05, 0.1) is 0 Å². The molecule has 0 aromatic heterocycles. The summed E-state index contributed by atoms with van der Waals surface area (Å²) >= 11 is 5.80. The molecule has 0 heterocycles. The highest BCUT2D eigenvalue weighted by Crippen LogP contribution is 2.14. The van der Waals surface area contributed by atoms with Gasteiger partial charge in [0.25, 0.3) is 0 Å². The monoisotopic (exact) mass is 330 g/mol. The minimum Gasteiger partial charge on any atom is -0.444 e. The Morgan fingerprint density at radius 2 is 2.05 bits per heavy atom. The van der Waals surface area contributed by atoms with Crippen molar-refractivity contribution in [2.75, 3.05) is 19.6 Å².